The number of benzene rings is 2. The van der Waals surface area contributed by atoms with E-state index in [2.05, 4.69) is 5.10 Å². The number of Topliss-reactive ketones (excluding diaryl/α,β-unsaturated/α-hetero) is 1. The number of esters is 1. The van der Waals surface area contributed by atoms with E-state index in [0.29, 0.717) is 5.56 Å². The second-order valence-corrected chi connectivity index (χ2v) is 7.77. The highest BCUT2D eigenvalue weighted by molar-refractivity contribution is 6.26. The van der Waals surface area contributed by atoms with Crippen molar-refractivity contribution in [3.63, 3.8) is 0 Å². The van der Waals surface area contributed by atoms with Gasteiger partial charge in [0.15, 0.2) is 5.78 Å². The topological polar surface area (TPSA) is 96.3 Å². The van der Waals surface area contributed by atoms with Crippen LogP contribution in [0.5, 0.6) is 0 Å². The first kappa shape index (κ1) is 19.9. The molecule has 3 aliphatic heterocycles. The molecule has 2 fully saturated rings. The molecule has 2 aromatic carbocycles. The Balaban J connectivity index is 1.60. The molecule has 0 spiro atoms. The Kier molecular flexibility index (Phi) is 4.70. The van der Waals surface area contributed by atoms with Gasteiger partial charge in [0, 0.05) is 11.8 Å². The monoisotopic (exact) mass is 429 g/mol. The SMILES string of the molecule is COC(=O)c1ccccc1N1C(=O)[C@@H]2[C@H](C1=O)[C@H]1C=CC=NN1[C@@H]2C(=O)c1ccccc1. The number of carbonyl (C=O) groups excluding carboxylic acids is 4. The van der Waals surface area contributed by atoms with Crippen LogP contribution < -0.4 is 4.90 Å². The number of anilines is 1. The van der Waals surface area contributed by atoms with E-state index in [1.54, 1.807) is 65.8 Å². The Morgan fingerprint density at radius 2 is 1.62 bits per heavy atom. The van der Waals surface area contributed by atoms with Crippen LogP contribution in [0.4, 0.5) is 5.69 Å². The predicted octanol–water partition coefficient (Wildman–Crippen LogP) is 2.07. The van der Waals surface area contributed by atoms with Gasteiger partial charge in [-0.25, -0.2) is 9.69 Å². The van der Waals surface area contributed by atoms with Crippen molar-refractivity contribution in [2.45, 2.75) is 12.1 Å². The minimum absolute atomic E-state index is 0.108. The zero-order valence-corrected chi connectivity index (χ0v) is 17.1. The Hall–Kier alpha value is -4.07. The molecule has 160 valence electrons. The second-order valence-electron chi connectivity index (χ2n) is 7.77. The van der Waals surface area contributed by atoms with Crippen molar-refractivity contribution in [1.82, 2.24) is 5.01 Å². The molecule has 2 aromatic rings. The summed E-state index contributed by atoms with van der Waals surface area (Å²) in [5.41, 5.74) is 0.705. The molecule has 0 unspecified atom stereocenters. The molecular weight excluding hydrogens is 410 g/mol. The van der Waals surface area contributed by atoms with Crippen molar-refractivity contribution in [3.05, 3.63) is 77.9 Å². The third-order valence-corrected chi connectivity index (χ3v) is 6.17. The van der Waals surface area contributed by atoms with E-state index in [1.165, 1.54) is 19.2 Å². The van der Waals surface area contributed by atoms with Crippen LogP contribution in [-0.2, 0) is 14.3 Å². The van der Waals surface area contributed by atoms with Gasteiger partial charge in [0.05, 0.1) is 36.2 Å². The van der Waals surface area contributed by atoms with Gasteiger partial charge in [-0.2, -0.15) is 5.10 Å². The molecule has 4 atom stereocenters. The smallest absolute Gasteiger partial charge is 0.339 e. The van der Waals surface area contributed by atoms with Crippen LogP contribution in [0.2, 0.25) is 0 Å². The number of amides is 2. The molecular formula is C24H19N3O5. The number of methoxy groups -OCH3 is 1. The normalized spacial score (nSPS) is 25.7. The quantitative estimate of drug-likeness (QED) is 0.419. The summed E-state index contributed by atoms with van der Waals surface area (Å²) < 4.78 is 4.82. The molecule has 2 saturated heterocycles. The Labute approximate surface area is 183 Å². The predicted molar refractivity (Wildman–Crippen MR) is 115 cm³/mol. The average molecular weight is 429 g/mol. The first-order valence-electron chi connectivity index (χ1n) is 10.2. The van der Waals surface area contributed by atoms with Gasteiger partial charge in [0.1, 0.15) is 6.04 Å². The molecule has 0 saturated carbocycles. The summed E-state index contributed by atoms with van der Waals surface area (Å²) in [5.74, 6) is -3.63. The lowest BCUT2D eigenvalue weighted by atomic mass is 9.86. The van der Waals surface area contributed by atoms with E-state index in [-0.39, 0.29) is 17.0 Å². The summed E-state index contributed by atoms with van der Waals surface area (Å²) in [4.78, 5) is 54.0. The number of ether oxygens (including phenoxy) is 1. The highest BCUT2D eigenvalue weighted by Gasteiger charge is 2.64. The van der Waals surface area contributed by atoms with Crippen molar-refractivity contribution >= 4 is 35.5 Å². The number of hydrogen-bond donors (Lipinski definition) is 0. The summed E-state index contributed by atoms with van der Waals surface area (Å²) in [7, 11) is 1.23. The van der Waals surface area contributed by atoms with Crippen molar-refractivity contribution in [3.8, 4) is 0 Å². The maximum Gasteiger partial charge on any atom is 0.339 e. The van der Waals surface area contributed by atoms with Crippen molar-refractivity contribution in [2.24, 2.45) is 16.9 Å². The van der Waals surface area contributed by atoms with Crippen LogP contribution in [0.1, 0.15) is 20.7 Å². The minimum atomic E-state index is -0.930. The number of imide groups is 1. The first-order valence-corrected chi connectivity index (χ1v) is 10.2. The number of hydrazone groups is 1. The highest BCUT2D eigenvalue weighted by atomic mass is 16.5. The third kappa shape index (κ3) is 2.80. The highest BCUT2D eigenvalue weighted by Crippen LogP contribution is 2.46. The summed E-state index contributed by atoms with van der Waals surface area (Å²) in [6, 6.07) is 13.5. The molecule has 0 radical (unpaired) electrons. The number of allylic oxidation sites excluding steroid dienone is 1. The zero-order valence-electron chi connectivity index (χ0n) is 17.1. The molecule has 0 aliphatic carbocycles. The molecule has 3 heterocycles. The van der Waals surface area contributed by atoms with Crippen LogP contribution in [0.3, 0.4) is 0 Å². The molecule has 32 heavy (non-hydrogen) atoms. The number of rotatable bonds is 4. The van der Waals surface area contributed by atoms with E-state index in [0.717, 1.165) is 4.90 Å². The largest absolute Gasteiger partial charge is 0.465 e. The van der Waals surface area contributed by atoms with E-state index < -0.39 is 41.7 Å². The standard InChI is InChI=1S/C24H19N3O5/c1-32-24(31)15-10-5-6-11-16(15)26-22(29)18-17-12-7-13-25-27(17)20(19(18)23(26)30)21(28)14-8-3-2-4-9-14/h2-13,17-20H,1H3/t17-,18-,19-,20+/m1/s1. The van der Waals surface area contributed by atoms with Crippen LogP contribution in [0.25, 0.3) is 0 Å². The summed E-state index contributed by atoms with van der Waals surface area (Å²) in [6.45, 7) is 0. The van der Waals surface area contributed by atoms with Gasteiger partial charge in [-0.1, -0.05) is 48.5 Å². The third-order valence-electron chi connectivity index (χ3n) is 6.17. The fourth-order valence-electron chi connectivity index (χ4n) is 4.80. The number of hydrogen-bond acceptors (Lipinski definition) is 7. The van der Waals surface area contributed by atoms with Crippen molar-refractivity contribution in [2.75, 3.05) is 12.0 Å². The Bertz CT molecular complexity index is 1190. The molecule has 5 rings (SSSR count). The summed E-state index contributed by atoms with van der Waals surface area (Å²) >= 11 is 0. The lowest BCUT2D eigenvalue weighted by molar-refractivity contribution is -0.123. The Morgan fingerprint density at radius 3 is 2.38 bits per heavy atom. The lowest BCUT2D eigenvalue weighted by Crippen LogP contribution is -2.46. The molecule has 0 bridgehead atoms. The maximum atomic E-state index is 13.6. The Morgan fingerprint density at radius 1 is 0.938 bits per heavy atom. The van der Waals surface area contributed by atoms with E-state index in [9.17, 15) is 19.2 Å². The molecule has 8 nitrogen and oxygen atoms in total. The molecule has 0 aromatic heterocycles. The maximum absolute atomic E-state index is 13.6. The van der Waals surface area contributed by atoms with E-state index >= 15 is 0 Å². The molecule has 2 amide bonds. The number of para-hydroxylation sites is 1. The second kappa shape index (κ2) is 7.56. The van der Waals surface area contributed by atoms with Gasteiger partial charge < -0.3 is 4.74 Å². The fraction of sp³-hybridized carbons (Fsp3) is 0.208. The number of nitrogens with zero attached hydrogens (tertiary/aromatic N) is 3. The van der Waals surface area contributed by atoms with Crippen molar-refractivity contribution < 1.29 is 23.9 Å². The first-order chi connectivity index (χ1) is 15.5. The van der Waals surface area contributed by atoms with Crippen LogP contribution in [0, 0.1) is 11.8 Å². The van der Waals surface area contributed by atoms with Gasteiger partial charge in [-0.05, 0) is 18.2 Å². The van der Waals surface area contributed by atoms with Crippen LogP contribution >= 0.6 is 0 Å². The number of fused-ring (bicyclic) bond motifs is 3. The van der Waals surface area contributed by atoms with Gasteiger partial charge in [0.2, 0.25) is 11.8 Å². The molecule has 3 aliphatic rings. The van der Waals surface area contributed by atoms with Crippen LogP contribution in [-0.4, -0.2) is 54.0 Å². The van der Waals surface area contributed by atoms with Gasteiger partial charge >= 0.3 is 5.97 Å². The van der Waals surface area contributed by atoms with Gasteiger partial charge in [-0.15, -0.1) is 0 Å². The van der Waals surface area contributed by atoms with Gasteiger partial charge in [-0.3, -0.25) is 19.4 Å². The molecule has 8 heteroatoms. The zero-order chi connectivity index (χ0) is 22.4. The lowest BCUT2D eigenvalue weighted by Gasteiger charge is -2.30. The van der Waals surface area contributed by atoms with E-state index in [1.807, 2.05) is 0 Å². The summed E-state index contributed by atoms with van der Waals surface area (Å²) in [6.07, 6.45) is 5.03. The van der Waals surface area contributed by atoms with E-state index in [4.69, 9.17) is 4.74 Å². The number of carbonyl (C=O) groups is 4. The van der Waals surface area contributed by atoms with Gasteiger partial charge in [0.25, 0.3) is 0 Å². The average Bonchev–Trinajstić information content (AvgIpc) is 3.31. The molecule has 0 N–H and O–H groups in total. The minimum Gasteiger partial charge on any atom is -0.465 e. The summed E-state index contributed by atoms with van der Waals surface area (Å²) in [5, 5.41) is 5.89. The fourth-order valence-corrected chi connectivity index (χ4v) is 4.80. The van der Waals surface area contributed by atoms with Crippen LogP contribution in [0.15, 0.2) is 71.9 Å². The number of ketones is 1. The van der Waals surface area contributed by atoms with Crippen molar-refractivity contribution in [1.29, 1.82) is 0 Å².